The van der Waals surface area contributed by atoms with Crippen LogP contribution < -0.4 is 5.32 Å². The highest BCUT2D eigenvalue weighted by Gasteiger charge is 2.36. The minimum atomic E-state index is -0.415. The van der Waals surface area contributed by atoms with Crippen LogP contribution in [0.2, 0.25) is 0 Å². The summed E-state index contributed by atoms with van der Waals surface area (Å²) in [5, 5.41) is 2.49. The van der Waals surface area contributed by atoms with E-state index in [1.54, 1.807) is 6.92 Å². The number of hydrogen-bond acceptors (Lipinski definition) is 4. The standard InChI is InChI=1S/C11H16N2O4/c1-7-5-10(16)13(11(7)17)6-9(15)12-4-3-8(2)14/h7H,3-6H2,1-2H3,(H,12,15). The Labute approximate surface area is 99.3 Å². The van der Waals surface area contributed by atoms with Crippen LogP contribution in [0.25, 0.3) is 0 Å². The van der Waals surface area contributed by atoms with Crippen LogP contribution in [0.5, 0.6) is 0 Å². The smallest absolute Gasteiger partial charge is 0.240 e. The quantitative estimate of drug-likeness (QED) is 0.655. The molecule has 3 amide bonds. The van der Waals surface area contributed by atoms with Crippen LogP contribution in [0.4, 0.5) is 0 Å². The SMILES string of the molecule is CC(=O)CCNC(=O)CN1C(=O)CC(C)C1=O. The zero-order valence-corrected chi connectivity index (χ0v) is 9.99. The van der Waals surface area contributed by atoms with E-state index >= 15 is 0 Å². The van der Waals surface area contributed by atoms with Crippen LogP contribution in [0.3, 0.4) is 0 Å². The summed E-state index contributed by atoms with van der Waals surface area (Å²) in [5.74, 6) is -1.40. The molecule has 1 N–H and O–H groups in total. The third kappa shape index (κ3) is 3.65. The minimum absolute atomic E-state index is 0.0211. The first kappa shape index (κ1) is 13.3. The lowest BCUT2D eigenvalue weighted by Gasteiger charge is -2.13. The molecule has 1 fully saturated rings. The van der Waals surface area contributed by atoms with Gasteiger partial charge in [0.05, 0.1) is 0 Å². The molecule has 6 heteroatoms. The molecule has 1 rings (SSSR count). The third-order valence-electron chi connectivity index (χ3n) is 2.57. The van der Waals surface area contributed by atoms with Crippen molar-refractivity contribution >= 4 is 23.5 Å². The zero-order chi connectivity index (χ0) is 13.0. The van der Waals surface area contributed by atoms with Crippen molar-refractivity contribution in [2.75, 3.05) is 13.1 Å². The maximum absolute atomic E-state index is 11.5. The van der Waals surface area contributed by atoms with E-state index in [0.29, 0.717) is 0 Å². The molecule has 1 aliphatic heterocycles. The van der Waals surface area contributed by atoms with Gasteiger partial charge in [0.25, 0.3) is 0 Å². The maximum Gasteiger partial charge on any atom is 0.240 e. The molecular weight excluding hydrogens is 224 g/mol. The lowest BCUT2D eigenvalue weighted by Crippen LogP contribution is -2.41. The van der Waals surface area contributed by atoms with Gasteiger partial charge in [0.2, 0.25) is 17.7 Å². The Morgan fingerprint density at radius 1 is 1.41 bits per heavy atom. The van der Waals surface area contributed by atoms with Crippen molar-refractivity contribution in [3.05, 3.63) is 0 Å². The maximum atomic E-state index is 11.5. The molecular formula is C11H16N2O4. The molecule has 1 atom stereocenters. The van der Waals surface area contributed by atoms with Crippen LogP contribution in [-0.2, 0) is 19.2 Å². The van der Waals surface area contributed by atoms with Gasteiger partial charge in [0.1, 0.15) is 12.3 Å². The highest BCUT2D eigenvalue weighted by Crippen LogP contribution is 2.17. The number of carbonyl (C=O) groups is 4. The predicted molar refractivity (Wildman–Crippen MR) is 58.8 cm³/mol. The van der Waals surface area contributed by atoms with E-state index in [1.165, 1.54) is 6.92 Å². The van der Waals surface area contributed by atoms with Crippen molar-refractivity contribution in [3.8, 4) is 0 Å². The average molecular weight is 240 g/mol. The number of Topliss-reactive ketones (excluding diaryl/α,β-unsaturated/α-hetero) is 1. The molecule has 1 heterocycles. The second-order valence-electron chi connectivity index (χ2n) is 4.23. The minimum Gasteiger partial charge on any atom is -0.354 e. The number of rotatable bonds is 5. The molecule has 94 valence electrons. The van der Waals surface area contributed by atoms with Crippen LogP contribution in [-0.4, -0.2) is 41.5 Å². The molecule has 17 heavy (non-hydrogen) atoms. The van der Waals surface area contributed by atoms with Crippen molar-refractivity contribution in [2.24, 2.45) is 5.92 Å². The largest absolute Gasteiger partial charge is 0.354 e. The zero-order valence-electron chi connectivity index (χ0n) is 9.99. The summed E-state index contributed by atoms with van der Waals surface area (Å²) in [5.41, 5.74) is 0. The number of likely N-dealkylation sites (tertiary alicyclic amines) is 1. The predicted octanol–water partition coefficient (Wildman–Crippen LogP) is -0.523. The van der Waals surface area contributed by atoms with E-state index in [2.05, 4.69) is 5.32 Å². The number of ketones is 1. The van der Waals surface area contributed by atoms with Gasteiger partial charge in [-0.2, -0.15) is 0 Å². The second-order valence-corrected chi connectivity index (χ2v) is 4.23. The normalized spacial score (nSPS) is 19.6. The Morgan fingerprint density at radius 3 is 2.53 bits per heavy atom. The molecule has 1 unspecified atom stereocenters. The molecule has 1 aliphatic rings. The Hall–Kier alpha value is -1.72. The summed E-state index contributed by atoms with van der Waals surface area (Å²) in [4.78, 5) is 45.9. The van der Waals surface area contributed by atoms with E-state index in [1.807, 2.05) is 0 Å². The van der Waals surface area contributed by atoms with Gasteiger partial charge < -0.3 is 5.32 Å². The Balaban J connectivity index is 2.38. The van der Waals surface area contributed by atoms with E-state index < -0.39 is 5.91 Å². The van der Waals surface area contributed by atoms with Crippen molar-refractivity contribution in [2.45, 2.75) is 26.7 Å². The first-order valence-corrected chi connectivity index (χ1v) is 5.52. The van der Waals surface area contributed by atoms with Gasteiger partial charge in [-0.15, -0.1) is 0 Å². The van der Waals surface area contributed by atoms with E-state index in [9.17, 15) is 19.2 Å². The van der Waals surface area contributed by atoms with Crippen molar-refractivity contribution in [3.63, 3.8) is 0 Å². The van der Waals surface area contributed by atoms with Gasteiger partial charge in [-0.3, -0.25) is 24.1 Å². The Kier molecular flexibility index (Phi) is 4.37. The topological polar surface area (TPSA) is 83.6 Å². The fourth-order valence-electron chi connectivity index (χ4n) is 1.59. The van der Waals surface area contributed by atoms with Crippen molar-refractivity contribution in [1.82, 2.24) is 10.2 Å². The Bertz CT molecular complexity index is 364. The van der Waals surface area contributed by atoms with E-state index in [0.717, 1.165) is 4.90 Å². The number of amides is 3. The van der Waals surface area contributed by atoms with Crippen LogP contribution in [0.15, 0.2) is 0 Å². The molecule has 0 aliphatic carbocycles. The average Bonchev–Trinajstić information content (AvgIpc) is 2.44. The fourth-order valence-corrected chi connectivity index (χ4v) is 1.59. The van der Waals surface area contributed by atoms with Gasteiger partial charge in [-0.25, -0.2) is 0 Å². The van der Waals surface area contributed by atoms with Crippen LogP contribution in [0.1, 0.15) is 26.7 Å². The first-order valence-electron chi connectivity index (χ1n) is 5.52. The highest BCUT2D eigenvalue weighted by molar-refractivity contribution is 6.05. The summed E-state index contributed by atoms with van der Waals surface area (Å²) in [6.07, 6.45) is 0.420. The van der Waals surface area contributed by atoms with Gasteiger partial charge in [-0.1, -0.05) is 6.92 Å². The molecule has 0 aromatic rings. The molecule has 0 spiro atoms. The van der Waals surface area contributed by atoms with Gasteiger partial charge >= 0.3 is 0 Å². The van der Waals surface area contributed by atoms with Crippen molar-refractivity contribution in [1.29, 1.82) is 0 Å². The molecule has 6 nitrogen and oxygen atoms in total. The molecule has 0 aromatic carbocycles. The lowest BCUT2D eigenvalue weighted by molar-refractivity contribution is -0.143. The monoisotopic (exact) mass is 240 g/mol. The third-order valence-corrected chi connectivity index (χ3v) is 2.57. The number of hydrogen-bond donors (Lipinski definition) is 1. The van der Waals surface area contributed by atoms with Crippen LogP contribution >= 0.6 is 0 Å². The Morgan fingerprint density at radius 2 is 2.06 bits per heavy atom. The summed E-state index contributed by atoms with van der Waals surface area (Å²) in [6, 6.07) is 0. The molecule has 0 saturated carbocycles. The number of imide groups is 1. The van der Waals surface area contributed by atoms with Crippen LogP contribution in [0, 0.1) is 5.92 Å². The van der Waals surface area contributed by atoms with Gasteiger partial charge in [-0.05, 0) is 6.92 Å². The summed E-state index contributed by atoms with van der Waals surface area (Å²) in [7, 11) is 0. The second kappa shape index (κ2) is 5.56. The van der Waals surface area contributed by atoms with Gasteiger partial charge in [0, 0.05) is 25.3 Å². The lowest BCUT2D eigenvalue weighted by atomic mass is 10.1. The highest BCUT2D eigenvalue weighted by atomic mass is 16.2. The molecule has 0 radical (unpaired) electrons. The summed E-state index contributed by atoms with van der Waals surface area (Å²) >= 11 is 0. The number of carbonyl (C=O) groups excluding carboxylic acids is 4. The molecule has 0 bridgehead atoms. The number of nitrogens with zero attached hydrogens (tertiary/aromatic N) is 1. The summed E-state index contributed by atoms with van der Waals surface area (Å²) in [6.45, 7) is 3.08. The molecule has 1 saturated heterocycles. The molecule has 0 aromatic heterocycles. The number of nitrogens with one attached hydrogen (secondary N) is 1. The fraction of sp³-hybridized carbons (Fsp3) is 0.636. The van der Waals surface area contributed by atoms with Crippen molar-refractivity contribution < 1.29 is 19.2 Å². The van der Waals surface area contributed by atoms with Gasteiger partial charge in [0.15, 0.2) is 0 Å². The van der Waals surface area contributed by atoms with E-state index in [-0.39, 0.29) is 49.4 Å². The first-order chi connectivity index (χ1) is 7.91. The summed E-state index contributed by atoms with van der Waals surface area (Å²) < 4.78 is 0. The van der Waals surface area contributed by atoms with E-state index in [4.69, 9.17) is 0 Å².